The summed E-state index contributed by atoms with van der Waals surface area (Å²) in [5.74, 6) is -0.302. The molecule has 160 valence electrons. The van der Waals surface area contributed by atoms with Crippen molar-refractivity contribution < 1.29 is 22.7 Å². The van der Waals surface area contributed by atoms with E-state index in [1.165, 1.54) is 16.4 Å². The van der Waals surface area contributed by atoms with Crippen LogP contribution in [0.1, 0.15) is 24.2 Å². The predicted molar refractivity (Wildman–Crippen MR) is 110 cm³/mol. The highest BCUT2D eigenvalue weighted by atomic mass is 35.5. The van der Waals surface area contributed by atoms with Gasteiger partial charge in [-0.1, -0.05) is 6.07 Å². The van der Waals surface area contributed by atoms with Gasteiger partial charge in [0.1, 0.15) is 0 Å². The van der Waals surface area contributed by atoms with Crippen LogP contribution in [0.5, 0.6) is 0 Å². The minimum absolute atomic E-state index is 0. The van der Waals surface area contributed by atoms with Gasteiger partial charge in [0.2, 0.25) is 10.0 Å². The van der Waals surface area contributed by atoms with E-state index in [0.29, 0.717) is 44.9 Å². The molecular weight excluding hydrogens is 406 g/mol. The van der Waals surface area contributed by atoms with Gasteiger partial charge in [-0.05, 0) is 32.0 Å². The monoisotopic (exact) mass is 435 g/mol. The average Bonchev–Trinajstić information content (AvgIpc) is 2.63. The van der Waals surface area contributed by atoms with Gasteiger partial charge in [0.25, 0.3) is 5.91 Å². The molecule has 1 heterocycles. The fourth-order valence-corrected chi connectivity index (χ4v) is 4.58. The second kappa shape index (κ2) is 11.7. The summed E-state index contributed by atoms with van der Waals surface area (Å²) in [4.78, 5) is 12.4. The summed E-state index contributed by atoms with van der Waals surface area (Å²) in [6, 6.07) is 6.14. The van der Waals surface area contributed by atoms with Crippen LogP contribution >= 0.6 is 12.4 Å². The van der Waals surface area contributed by atoms with Crippen LogP contribution in [-0.4, -0.2) is 77.3 Å². The first-order valence-electron chi connectivity index (χ1n) is 9.08. The first-order chi connectivity index (χ1) is 12.8. The lowest BCUT2D eigenvalue weighted by Crippen LogP contribution is -2.48. The minimum Gasteiger partial charge on any atom is -0.383 e. The number of hydrogen-bond acceptors (Lipinski definition) is 6. The van der Waals surface area contributed by atoms with Gasteiger partial charge in [0, 0.05) is 45.4 Å². The fourth-order valence-electron chi connectivity index (χ4n) is 2.94. The standard InChI is InChI=1S/C18H29N3O5S.ClH/c1-14-12-21(13-15(2)26-14)27(23,24)17-6-4-5-16(11-17)18(22)20-8-7-19-9-10-25-3;/h4-6,11,14-15,19H,7-10,12-13H2,1-3H3,(H,20,22);1H. The molecule has 0 aliphatic carbocycles. The number of carbonyl (C=O) groups excluding carboxylic acids is 1. The molecule has 2 rings (SSSR count). The molecule has 0 spiro atoms. The van der Waals surface area contributed by atoms with E-state index in [-0.39, 0.29) is 35.4 Å². The normalized spacial score (nSPS) is 20.4. The molecule has 10 heteroatoms. The second-order valence-electron chi connectivity index (χ2n) is 6.61. The summed E-state index contributed by atoms with van der Waals surface area (Å²) in [6.45, 7) is 6.66. The lowest BCUT2D eigenvalue weighted by molar-refractivity contribution is -0.0440. The van der Waals surface area contributed by atoms with Gasteiger partial charge in [-0.15, -0.1) is 12.4 Å². The van der Waals surface area contributed by atoms with Crippen molar-refractivity contribution in [2.24, 2.45) is 0 Å². The van der Waals surface area contributed by atoms with Crippen LogP contribution in [0, 0.1) is 0 Å². The molecule has 0 bridgehead atoms. The summed E-state index contributed by atoms with van der Waals surface area (Å²) in [5.41, 5.74) is 0.322. The molecule has 28 heavy (non-hydrogen) atoms. The van der Waals surface area contributed by atoms with E-state index in [2.05, 4.69) is 10.6 Å². The first-order valence-corrected chi connectivity index (χ1v) is 10.5. The number of morpholine rings is 1. The predicted octanol–water partition coefficient (Wildman–Crippen LogP) is 0.872. The lowest BCUT2D eigenvalue weighted by atomic mass is 10.2. The van der Waals surface area contributed by atoms with Crippen molar-refractivity contribution >= 4 is 28.3 Å². The molecule has 0 radical (unpaired) electrons. The number of amides is 1. The smallest absolute Gasteiger partial charge is 0.251 e. The zero-order chi connectivity index (χ0) is 19.9. The van der Waals surface area contributed by atoms with Crippen LogP contribution in [0.15, 0.2) is 29.2 Å². The van der Waals surface area contributed by atoms with Crippen LogP contribution in [-0.2, 0) is 19.5 Å². The highest BCUT2D eigenvalue weighted by Crippen LogP contribution is 2.21. The van der Waals surface area contributed by atoms with E-state index in [1.54, 1.807) is 19.2 Å². The molecule has 0 saturated carbocycles. The number of methoxy groups -OCH3 is 1. The Morgan fingerprint density at radius 1 is 1.21 bits per heavy atom. The summed E-state index contributed by atoms with van der Waals surface area (Å²) in [6.07, 6.45) is -0.332. The number of ether oxygens (including phenoxy) is 2. The van der Waals surface area contributed by atoms with Crippen LogP contribution in [0.2, 0.25) is 0 Å². The van der Waals surface area contributed by atoms with Crippen molar-refractivity contribution in [3.05, 3.63) is 29.8 Å². The quantitative estimate of drug-likeness (QED) is 0.559. The van der Waals surface area contributed by atoms with Gasteiger partial charge < -0.3 is 20.1 Å². The van der Waals surface area contributed by atoms with Crippen LogP contribution < -0.4 is 10.6 Å². The number of hydrogen-bond donors (Lipinski definition) is 2. The molecule has 1 aromatic carbocycles. The molecule has 1 aliphatic rings. The summed E-state index contributed by atoms with van der Waals surface area (Å²) >= 11 is 0. The van der Waals surface area contributed by atoms with Crippen molar-refractivity contribution in [1.29, 1.82) is 0 Å². The summed E-state index contributed by atoms with van der Waals surface area (Å²) in [5, 5.41) is 5.90. The highest BCUT2D eigenvalue weighted by Gasteiger charge is 2.32. The van der Waals surface area contributed by atoms with Gasteiger partial charge in [0.15, 0.2) is 0 Å². The lowest BCUT2D eigenvalue weighted by Gasteiger charge is -2.34. The van der Waals surface area contributed by atoms with Crippen molar-refractivity contribution in [3.8, 4) is 0 Å². The number of sulfonamides is 1. The maximum Gasteiger partial charge on any atom is 0.251 e. The Morgan fingerprint density at radius 3 is 2.54 bits per heavy atom. The molecule has 1 aliphatic heterocycles. The van der Waals surface area contributed by atoms with Crippen LogP contribution in [0.4, 0.5) is 0 Å². The molecule has 0 aromatic heterocycles. The molecule has 1 amide bonds. The molecule has 1 fully saturated rings. The second-order valence-corrected chi connectivity index (χ2v) is 8.54. The molecule has 8 nitrogen and oxygen atoms in total. The fraction of sp³-hybridized carbons (Fsp3) is 0.611. The molecule has 2 unspecified atom stereocenters. The zero-order valence-electron chi connectivity index (χ0n) is 16.5. The van der Waals surface area contributed by atoms with E-state index in [1.807, 2.05) is 13.8 Å². The molecule has 1 saturated heterocycles. The van der Waals surface area contributed by atoms with E-state index in [4.69, 9.17) is 9.47 Å². The van der Waals surface area contributed by atoms with E-state index < -0.39 is 10.0 Å². The summed E-state index contributed by atoms with van der Waals surface area (Å²) in [7, 11) is -2.04. The van der Waals surface area contributed by atoms with Gasteiger partial charge in [-0.3, -0.25) is 4.79 Å². The number of carbonyl (C=O) groups is 1. The van der Waals surface area contributed by atoms with Crippen molar-refractivity contribution in [3.63, 3.8) is 0 Å². The topological polar surface area (TPSA) is 97.0 Å². The summed E-state index contributed by atoms with van der Waals surface area (Å²) < 4.78 is 37.8. The third-order valence-corrected chi connectivity index (χ3v) is 6.02. The van der Waals surface area contributed by atoms with Gasteiger partial charge in [-0.2, -0.15) is 4.31 Å². The Labute approximate surface area is 173 Å². The minimum atomic E-state index is -3.67. The Bertz CT molecular complexity index is 722. The highest BCUT2D eigenvalue weighted by molar-refractivity contribution is 7.89. The Balaban J connectivity index is 0.00000392. The maximum atomic E-state index is 12.9. The third kappa shape index (κ3) is 6.98. The Hall–Kier alpha value is -1.23. The number of benzene rings is 1. The van der Waals surface area contributed by atoms with Crippen molar-refractivity contribution in [1.82, 2.24) is 14.9 Å². The molecule has 2 atom stereocenters. The van der Waals surface area contributed by atoms with Gasteiger partial charge in [0.05, 0.1) is 23.7 Å². The van der Waals surface area contributed by atoms with Crippen molar-refractivity contribution in [2.75, 3.05) is 46.4 Å². The van der Waals surface area contributed by atoms with Gasteiger partial charge >= 0.3 is 0 Å². The largest absolute Gasteiger partial charge is 0.383 e. The van der Waals surface area contributed by atoms with E-state index in [0.717, 1.165) is 0 Å². The Morgan fingerprint density at radius 2 is 1.89 bits per heavy atom. The van der Waals surface area contributed by atoms with Crippen LogP contribution in [0.3, 0.4) is 0 Å². The number of rotatable bonds is 9. The van der Waals surface area contributed by atoms with Crippen LogP contribution in [0.25, 0.3) is 0 Å². The average molecular weight is 436 g/mol. The Kier molecular flexibility index (Phi) is 10.4. The van der Waals surface area contributed by atoms with E-state index in [9.17, 15) is 13.2 Å². The number of halogens is 1. The molecular formula is C18H30ClN3O5S. The first kappa shape index (κ1) is 24.8. The SMILES string of the molecule is COCCNCCNC(=O)c1cccc(S(=O)(=O)N2CC(C)OC(C)C2)c1.Cl. The number of nitrogens with one attached hydrogen (secondary N) is 2. The third-order valence-electron chi connectivity index (χ3n) is 4.19. The maximum absolute atomic E-state index is 12.9. The zero-order valence-corrected chi connectivity index (χ0v) is 18.1. The molecule has 2 N–H and O–H groups in total. The van der Waals surface area contributed by atoms with E-state index >= 15 is 0 Å². The van der Waals surface area contributed by atoms with Crippen molar-refractivity contribution in [2.45, 2.75) is 31.0 Å². The van der Waals surface area contributed by atoms with Gasteiger partial charge in [-0.25, -0.2) is 8.42 Å². The molecule has 1 aromatic rings. The number of nitrogens with zero attached hydrogens (tertiary/aromatic N) is 1.